The number of carbonyl (C=O) groups excluding carboxylic acids is 4. The van der Waals surface area contributed by atoms with E-state index in [-0.39, 0.29) is 29.7 Å². The number of phenols is 1. The lowest BCUT2D eigenvalue weighted by Gasteiger charge is -2.50. The van der Waals surface area contributed by atoms with Gasteiger partial charge in [0.15, 0.2) is 17.1 Å². The Morgan fingerprint density at radius 2 is 1.80 bits per heavy atom. The van der Waals surface area contributed by atoms with E-state index in [9.17, 15) is 39.6 Å². The van der Waals surface area contributed by atoms with Crippen LogP contribution in [0.5, 0.6) is 5.75 Å². The van der Waals surface area contributed by atoms with Crippen molar-refractivity contribution in [3.63, 3.8) is 0 Å². The average molecular weight is 572 g/mol. The van der Waals surface area contributed by atoms with Crippen molar-refractivity contribution in [3.8, 4) is 5.75 Å². The molecule has 13 heteroatoms. The molecule has 0 spiro atoms. The number of aliphatic hydroxyl groups excluding tert-OH is 2. The second-order valence-electron chi connectivity index (χ2n) is 11.2. The van der Waals surface area contributed by atoms with Crippen LogP contribution in [0.4, 0.5) is 16.2 Å². The number of benzene rings is 1. The Labute approximate surface area is 237 Å². The lowest BCUT2D eigenvalue weighted by atomic mass is 9.57. The van der Waals surface area contributed by atoms with Gasteiger partial charge in [-0.3, -0.25) is 19.3 Å². The maximum absolute atomic E-state index is 14.0. The van der Waals surface area contributed by atoms with Crippen molar-refractivity contribution in [1.82, 2.24) is 10.2 Å². The van der Waals surface area contributed by atoms with Crippen molar-refractivity contribution in [3.05, 3.63) is 34.1 Å². The molecule has 0 saturated heterocycles. The van der Waals surface area contributed by atoms with Crippen LogP contribution in [0.15, 0.2) is 23.0 Å². The average Bonchev–Trinajstić information content (AvgIpc) is 2.87. The fourth-order valence-electron chi connectivity index (χ4n) is 6.33. The van der Waals surface area contributed by atoms with E-state index in [0.29, 0.717) is 17.8 Å². The van der Waals surface area contributed by atoms with Crippen LogP contribution in [0.1, 0.15) is 37.3 Å². The maximum Gasteiger partial charge on any atom is 0.319 e. The second-order valence-corrected chi connectivity index (χ2v) is 11.2. The molecule has 0 bridgehead atoms. The molecule has 4 atom stereocenters. The van der Waals surface area contributed by atoms with Gasteiger partial charge in [0.1, 0.15) is 17.1 Å². The molecule has 0 aromatic heterocycles. The highest BCUT2D eigenvalue weighted by molar-refractivity contribution is 6.24. The van der Waals surface area contributed by atoms with Gasteiger partial charge in [0, 0.05) is 37.8 Å². The summed E-state index contributed by atoms with van der Waals surface area (Å²) in [6, 6.07) is -0.166. The number of amides is 3. The Kier molecular flexibility index (Phi) is 7.80. The Balaban J connectivity index is 1.90. The van der Waals surface area contributed by atoms with Crippen LogP contribution in [0.2, 0.25) is 0 Å². The number of primary amides is 1. The molecule has 1 aromatic rings. The zero-order chi connectivity index (χ0) is 30.5. The molecule has 1 fully saturated rings. The molecule has 0 heterocycles. The summed E-state index contributed by atoms with van der Waals surface area (Å²) in [5.74, 6) is -7.33. The predicted molar refractivity (Wildman–Crippen MR) is 151 cm³/mol. The van der Waals surface area contributed by atoms with Gasteiger partial charge in [0.25, 0.3) is 5.91 Å². The van der Waals surface area contributed by atoms with Gasteiger partial charge in [-0.15, -0.1) is 0 Å². The van der Waals surface area contributed by atoms with Crippen LogP contribution in [-0.2, 0) is 20.8 Å². The highest BCUT2D eigenvalue weighted by atomic mass is 16.3. The molecule has 0 radical (unpaired) electrons. The topological polar surface area (TPSA) is 206 Å². The number of nitrogens with one attached hydrogen (secondary N) is 2. The number of hydrogen-bond donors (Lipinski definition) is 7. The van der Waals surface area contributed by atoms with E-state index in [2.05, 4.69) is 10.6 Å². The van der Waals surface area contributed by atoms with E-state index in [1.54, 1.807) is 39.2 Å². The summed E-state index contributed by atoms with van der Waals surface area (Å²) >= 11 is 0. The summed E-state index contributed by atoms with van der Waals surface area (Å²) in [6.45, 7) is 2.39. The molecule has 41 heavy (non-hydrogen) atoms. The number of rotatable bonds is 7. The summed E-state index contributed by atoms with van der Waals surface area (Å²) in [5.41, 5.74) is 2.45. The third-order valence-corrected chi connectivity index (χ3v) is 8.24. The first-order valence-electron chi connectivity index (χ1n) is 13.4. The smallest absolute Gasteiger partial charge is 0.319 e. The number of nitrogens with two attached hydrogens (primary N) is 1. The number of Topliss-reactive ketones (excluding diaryl/α,β-unsaturated/α-hetero) is 2. The van der Waals surface area contributed by atoms with Crippen molar-refractivity contribution in [2.45, 2.75) is 44.2 Å². The van der Waals surface area contributed by atoms with Gasteiger partial charge < -0.3 is 41.7 Å². The first-order valence-corrected chi connectivity index (χ1v) is 13.4. The van der Waals surface area contributed by atoms with Gasteiger partial charge in [0.05, 0.1) is 17.3 Å². The van der Waals surface area contributed by atoms with E-state index in [0.717, 1.165) is 12.8 Å². The number of ketones is 2. The summed E-state index contributed by atoms with van der Waals surface area (Å²) < 4.78 is 0. The lowest BCUT2D eigenvalue weighted by molar-refractivity contribution is -0.153. The van der Waals surface area contributed by atoms with E-state index in [4.69, 9.17) is 5.73 Å². The van der Waals surface area contributed by atoms with Crippen LogP contribution in [0.3, 0.4) is 0 Å². The fourth-order valence-corrected chi connectivity index (χ4v) is 6.33. The van der Waals surface area contributed by atoms with E-state index in [1.807, 2.05) is 6.92 Å². The predicted octanol–water partition coefficient (Wildman–Crippen LogP) is 0.952. The fraction of sp³-hybridized carbons (Fsp3) is 0.500. The number of aliphatic hydroxyl groups is 3. The van der Waals surface area contributed by atoms with Crippen molar-refractivity contribution in [2.24, 2.45) is 17.6 Å². The standard InChI is InChI=1S/C28H37N5O8/c1-6-7-8-30-27(40)31-15-11-16(32(2)3)13-9-12-10-14-20(33(4)5)23(36)19(26(29)39)25(38)28(14,41)24(37)17(12)22(35)18(13)21(15)34/h11-12,14,20,34-35,38,41H,6-10H2,1-5H3,(H2,29,39)(H2,30,31,40)/t12-,14-,20-,28-/m0/s1. The molecule has 0 aliphatic heterocycles. The number of unbranched alkanes of at least 4 members (excludes halogenated alkanes) is 1. The van der Waals surface area contributed by atoms with Crippen LogP contribution < -0.4 is 21.3 Å². The normalized spacial score (nSPS) is 25.5. The third kappa shape index (κ3) is 4.58. The first kappa shape index (κ1) is 29.9. The number of nitrogens with zero attached hydrogens (tertiary/aromatic N) is 2. The van der Waals surface area contributed by atoms with Crippen LogP contribution in [0.25, 0.3) is 5.76 Å². The Morgan fingerprint density at radius 3 is 2.37 bits per heavy atom. The molecular weight excluding hydrogens is 534 g/mol. The minimum atomic E-state index is -2.72. The largest absolute Gasteiger partial charge is 0.508 e. The molecule has 13 nitrogen and oxygen atoms in total. The van der Waals surface area contributed by atoms with Crippen LogP contribution in [-0.4, -0.2) is 95.2 Å². The van der Waals surface area contributed by atoms with Gasteiger partial charge in [-0.05, 0) is 50.9 Å². The second kappa shape index (κ2) is 10.7. The summed E-state index contributed by atoms with van der Waals surface area (Å²) in [6.07, 6.45) is 1.75. The van der Waals surface area contributed by atoms with Crippen molar-refractivity contribution >= 4 is 40.6 Å². The molecule has 222 valence electrons. The zero-order valence-corrected chi connectivity index (χ0v) is 23.7. The van der Waals surface area contributed by atoms with Gasteiger partial charge in [-0.2, -0.15) is 0 Å². The molecule has 3 aliphatic rings. The molecule has 3 amide bonds. The third-order valence-electron chi connectivity index (χ3n) is 8.24. The summed E-state index contributed by atoms with van der Waals surface area (Å²) in [5, 5.41) is 50.7. The Hall–Kier alpha value is -4.10. The molecular formula is C28H37N5O8. The SMILES string of the molecule is CCCCNC(=O)Nc1cc(N(C)C)c2c(c1O)C(O)=C1C(=O)[C@]3(O)C(O)=C(C(N)=O)C(=O)[C@@H](N(C)C)[C@@H]3C[C@@H]1C2. The monoisotopic (exact) mass is 571 g/mol. The quantitative estimate of drug-likeness (QED) is 0.140. The van der Waals surface area contributed by atoms with Crippen molar-refractivity contribution in [1.29, 1.82) is 0 Å². The highest BCUT2D eigenvalue weighted by Gasteiger charge is 2.64. The summed E-state index contributed by atoms with van der Waals surface area (Å²) in [4.78, 5) is 55.0. The minimum absolute atomic E-state index is 0.0124. The molecule has 0 unspecified atom stereocenters. The van der Waals surface area contributed by atoms with Crippen LogP contribution >= 0.6 is 0 Å². The highest BCUT2D eigenvalue weighted by Crippen LogP contribution is 2.54. The van der Waals surface area contributed by atoms with Gasteiger partial charge >= 0.3 is 6.03 Å². The maximum atomic E-state index is 14.0. The van der Waals surface area contributed by atoms with E-state index < -0.39 is 69.8 Å². The summed E-state index contributed by atoms with van der Waals surface area (Å²) in [7, 11) is 6.58. The number of hydrogen-bond acceptors (Lipinski definition) is 10. The lowest BCUT2D eigenvalue weighted by Crippen LogP contribution is -2.65. The number of phenolic OH excluding ortho intramolecular Hbond substituents is 1. The number of likely N-dealkylation sites (N-methyl/N-ethyl adjacent to an activating group) is 1. The minimum Gasteiger partial charge on any atom is -0.508 e. The van der Waals surface area contributed by atoms with E-state index in [1.165, 1.54) is 4.90 Å². The van der Waals surface area contributed by atoms with Crippen molar-refractivity contribution in [2.75, 3.05) is 45.0 Å². The molecule has 1 aromatic carbocycles. The molecule has 1 saturated carbocycles. The van der Waals surface area contributed by atoms with Gasteiger partial charge in [-0.25, -0.2) is 4.79 Å². The molecule has 4 rings (SSSR count). The number of carbonyl (C=O) groups is 4. The van der Waals surface area contributed by atoms with E-state index >= 15 is 0 Å². The Morgan fingerprint density at radius 1 is 1.15 bits per heavy atom. The first-order chi connectivity index (χ1) is 19.2. The van der Waals surface area contributed by atoms with Gasteiger partial charge in [0.2, 0.25) is 5.78 Å². The van der Waals surface area contributed by atoms with Crippen LogP contribution in [0, 0.1) is 11.8 Å². The number of fused-ring (bicyclic) bond motifs is 3. The number of urea groups is 1. The molecule has 3 aliphatic carbocycles. The Bertz CT molecular complexity index is 1400. The zero-order valence-electron chi connectivity index (χ0n) is 23.7. The number of anilines is 2. The molecule has 8 N–H and O–H groups in total. The van der Waals surface area contributed by atoms with Gasteiger partial charge in [-0.1, -0.05) is 13.3 Å². The van der Waals surface area contributed by atoms with Crippen molar-refractivity contribution < 1.29 is 39.6 Å². The number of aromatic hydroxyl groups is 1.